The van der Waals surface area contributed by atoms with Crippen LogP contribution in [0, 0.1) is 0 Å². The molecule has 0 spiro atoms. The first-order chi connectivity index (χ1) is 19.4. The Morgan fingerprint density at radius 3 is 2.30 bits per heavy atom. The van der Waals surface area contributed by atoms with Gasteiger partial charge in [0.05, 0.1) is 35.1 Å². The summed E-state index contributed by atoms with van der Waals surface area (Å²) in [4.78, 5) is 35.0. The van der Waals surface area contributed by atoms with Gasteiger partial charge in [-0.15, -0.1) is 0 Å². The van der Waals surface area contributed by atoms with Gasteiger partial charge in [-0.05, 0) is 55.3 Å². The summed E-state index contributed by atoms with van der Waals surface area (Å²) in [6, 6.07) is 24.3. The molecule has 0 aliphatic carbocycles. The molecule has 1 aromatic heterocycles. The van der Waals surface area contributed by atoms with E-state index < -0.39 is 12.0 Å². The van der Waals surface area contributed by atoms with Crippen LogP contribution in [0.1, 0.15) is 36.6 Å². The Hall–Kier alpha value is -4.43. The third kappa shape index (κ3) is 5.35. The summed E-state index contributed by atoms with van der Waals surface area (Å²) in [5.74, 6) is 0.210. The maximum Gasteiger partial charge on any atom is 0.338 e. The second-order valence-electron chi connectivity index (χ2n) is 9.42. The van der Waals surface area contributed by atoms with Crippen LogP contribution >= 0.6 is 11.3 Å². The summed E-state index contributed by atoms with van der Waals surface area (Å²) in [5.41, 5.74) is 4.12. The fraction of sp³-hybridized carbons (Fsp3) is 0.219. The monoisotopic (exact) mass is 553 g/mol. The number of hydrogen-bond donors (Lipinski definition) is 0. The fourth-order valence-electron chi connectivity index (χ4n) is 4.69. The Kier molecular flexibility index (Phi) is 7.98. The van der Waals surface area contributed by atoms with Crippen molar-refractivity contribution in [2.24, 2.45) is 4.99 Å². The number of esters is 1. The third-order valence-electron chi connectivity index (χ3n) is 6.59. The van der Waals surface area contributed by atoms with E-state index >= 15 is 0 Å². The van der Waals surface area contributed by atoms with Gasteiger partial charge in [0.25, 0.3) is 5.56 Å². The van der Waals surface area contributed by atoms with Crippen LogP contribution in [0.15, 0.2) is 94.2 Å². The first kappa shape index (κ1) is 27.1. The topological polar surface area (TPSA) is 73.1 Å². The normalized spacial score (nSPS) is 14.9. The number of hydrogen-bond acceptors (Lipinski definition) is 7. The van der Waals surface area contributed by atoms with Crippen LogP contribution in [-0.2, 0) is 9.53 Å². The lowest BCUT2D eigenvalue weighted by molar-refractivity contribution is -0.138. The lowest BCUT2D eigenvalue weighted by atomic mass is 9.93. The zero-order valence-electron chi connectivity index (χ0n) is 23.0. The molecule has 40 heavy (non-hydrogen) atoms. The van der Waals surface area contributed by atoms with Crippen molar-refractivity contribution in [1.29, 1.82) is 0 Å². The van der Waals surface area contributed by atoms with Gasteiger partial charge in [-0.3, -0.25) is 9.36 Å². The zero-order chi connectivity index (χ0) is 28.2. The highest BCUT2D eigenvalue weighted by atomic mass is 32.1. The number of ether oxygens (including phenoxy) is 2. The molecule has 0 fully saturated rings. The summed E-state index contributed by atoms with van der Waals surface area (Å²) in [7, 11) is 3.97. The Bertz CT molecular complexity index is 1720. The molecule has 0 saturated heterocycles. The van der Waals surface area contributed by atoms with Gasteiger partial charge in [-0.2, -0.15) is 0 Å². The zero-order valence-corrected chi connectivity index (χ0v) is 23.8. The van der Waals surface area contributed by atoms with Crippen molar-refractivity contribution in [3.8, 4) is 5.75 Å². The molecule has 0 saturated carbocycles. The van der Waals surface area contributed by atoms with Gasteiger partial charge in [0.2, 0.25) is 0 Å². The molecule has 0 N–H and O–H groups in total. The minimum atomic E-state index is -0.723. The first-order valence-electron chi connectivity index (χ1n) is 13.2. The number of nitrogens with zero attached hydrogens (tertiary/aromatic N) is 3. The van der Waals surface area contributed by atoms with Crippen LogP contribution in [0.25, 0.3) is 11.8 Å². The number of carbonyl (C=O) groups excluding carboxylic acids is 1. The van der Waals surface area contributed by atoms with Crippen molar-refractivity contribution in [2.45, 2.75) is 19.9 Å². The van der Waals surface area contributed by atoms with Crippen molar-refractivity contribution < 1.29 is 14.3 Å². The molecule has 0 bridgehead atoms. The molecular weight excluding hydrogens is 522 g/mol. The van der Waals surface area contributed by atoms with Crippen molar-refractivity contribution >= 4 is 34.8 Å². The Morgan fingerprint density at radius 1 is 0.975 bits per heavy atom. The molecular formula is C32H31N3O4S. The summed E-state index contributed by atoms with van der Waals surface area (Å²) < 4.78 is 13.3. The molecule has 4 aromatic rings. The molecule has 204 valence electrons. The van der Waals surface area contributed by atoms with E-state index in [2.05, 4.69) is 0 Å². The predicted molar refractivity (Wildman–Crippen MR) is 159 cm³/mol. The average molecular weight is 554 g/mol. The van der Waals surface area contributed by atoms with E-state index in [-0.39, 0.29) is 12.2 Å². The maximum atomic E-state index is 14.0. The summed E-state index contributed by atoms with van der Waals surface area (Å²) in [5, 5.41) is 0. The molecule has 5 rings (SSSR count). The van der Waals surface area contributed by atoms with Crippen LogP contribution in [-0.4, -0.2) is 37.8 Å². The minimum Gasteiger partial charge on any atom is -0.494 e. The third-order valence-corrected chi connectivity index (χ3v) is 7.57. The first-order valence-corrected chi connectivity index (χ1v) is 14.0. The smallest absolute Gasteiger partial charge is 0.338 e. The van der Waals surface area contributed by atoms with Crippen LogP contribution < -0.4 is 24.5 Å². The number of thiazole rings is 1. The standard InChI is InChI=1S/C32H31N3O4S/c1-5-38-25-18-14-23(15-19-25)29-27(31(37)39-6-2)28(22-10-8-7-9-11-22)33-32-35(29)30(36)26(40-32)20-21-12-16-24(17-13-21)34(3)4/h7-20,29H,5-6H2,1-4H3/b26-20-. The Balaban J connectivity index is 1.76. The van der Waals surface area contributed by atoms with Crippen molar-refractivity contribution in [2.75, 3.05) is 32.2 Å². The second kappa shape index (κ2) is 11.8. The lowest BCUT2D eigenvalue weighted by Gasteiger charge is -2.26. The van der Waals surface area contributed by atoms with E-state index in [1.165, 1.54) is 11.3 Å². The molecule has 1 aliphatic rings. The molecule has 1 atom stereocenters. The fourth-order valence-corrected chi connectivity index (χ4v) is 5.69. The molecule has 2 heterocycles. The van der Waals surface area contributed by atoms with Crippen LogP contribution in [0.5, 0.6) is 5.75 Å². The van der Waals surface area contributed by atoms with Gasteiger partial charge in [0, 0.05) is 25.3 Å². The molecule has 0 amide bonds. The van der Waals surface area contributed by atoms with E-state index in [0.717, 1.165) is 22.4 Å². The van der Waals surface area contributed by atoms with Gasteiger partial charge >= 0.3 is 5.97 Å². The van der Waals surface area contributed by atoms with Gasteiger partial charge in [-0.25, -0.2) is 9.79 Å². The van der Waals surface area contributed by atoms with Crippen LogP contribution in [0.3, 0.4) is 0 Å². The van der Waals surface area contributed by atoms with Gasteiger partial charge in [0.1, 0.15) is 5.75 Å². The number of rotatable bonds is 8. The highest BCUT2D eigenvalue weighted by Crippen LogP contribution is 2.35. The van der Waals surface area contributed by atoms with Crippen molar-refractivity contribution in [3.63, 3.8) is 0 Å². The molecule has 1 aliphatic heterocycles. The lowest BCUT2D eigenvalue weighted by Crippen LogP contribution is -2.40. The summed E-state index contributed by atoms with van der Waals surface area (Å²) in [6.45, 7) is 4.43. The van der Waals surface area contributed by atoms with Crippen molar-refractivity contribution in [1.82, 2.24) is 4.57 Å². The molecule has 3 aromatic carbocycles. The van der Waals surface area contributed by atoms with E-state index in [1.54, 1.807) is 11.5 Å². The van der Waals surface area contributed by atoms with Gasteiger partial charge in [0.15, 0.2) is 4.80 Å². The van der Waals surface area contributed by atoms with E-state index in [1.807, 2.05) is 111 Å². The number of benzene rings is 3. The molecule has 8 heteroatoms. The van der Waals surface area contributed by atoms with Gasteiger partial charge < -0.3 is 14.4 Å². The average Bonchev–Trinajstić information content (AvgIpc) is 3.28. The quantitative estimate of drug-likeness (QED) is 0.303. The highest BCUT2D eigenvalue weighted by Gasteiger charge is 2.35. The number of fused-ring (bicyclic) bond motifs is 1. The maximum absolute atomic E-state index is 14.0. The minimum absolute atomic E-state index is 0.202. The number of anilines is 1. The summed E-state index contributed by atoms with van der Waals surface area (Å²) in [6.07, 6.45) is 1.87. The largest absolute Gasteiger partial charge is 0.494 e. The van der Waals surface area contributed by atoms with Crippen LogP contribution in [0.2, 0.25) is 0 Å². The number of carbonyl (C=O) groups is 1. The second-order valence-corrected chi connectivity index (χ2v) is 10.4. The van der Waals surface area contributed by atoms with Crippen molar-refractivity contribution in [3.05, 3.63) is 121 Å². The molecule has 1 unspecified atom stereocenters. The highest BCUT2D eigenvalue weighted by molar-refractivity contribution is 7.07. The summed E-state index contributed by atoms with van der Waals surface area (Å²) >= 11 is 1.31. The van der Waals surface area contributed by atoms with E-state index in [9.17, 15) is 9.59 Å². The van der Waals surface area contributed by atoms with Gasteiger partial charge in [-0.1, -0.05) is 65.9 Å². The number of aromatic nitrogens is 1. The van der Waals surface area contributed by atoms with E-state index in [0.29, 0.717) is 33.0 Å². The Labute approximate surface area is 237 Å². The van der Waals surface area contributed by atoms with E-state index in [4.69, 9.17) is 14.5 Å². The van der Waals surface area contributed by atoms with Crippen LogP contribution in [0.4, 0.5) is 5.69 Å². The Morgan fingerprint density at radius 2 is 1.68 bits per heavy atom. The predicted octanol–water partition coefficient (Wildman–Crippen LogP) is 4.40. The SMILES string of the molecule is CCOC(=O)C1=C(c2ccccc2)N=c2s/c(=C\c3ccc(N(C)C)cc3)c(=O)n2C1c1ccc(OCC)cc1. The molecule has 7 nitrogen and oxygen atoms in total. The molecule has 0 radical (unpaired) electrons.